The highest BCUT2D eigenvalue weighted by Crippen LogP contribution is 1.74. The average Bonchev–Trinajstić information content (AvgIpc) is 2.12. The molecule has 0 saturated carbocycles. The van der Waals surface area contributed by atoms with Crippen LogP contribution in [0.3, 0.4) is 0 Å². The fourth-order valence-electron chi connectivity index (χ4n) is 0.219. The Kier molecular flexibility index (Phi) is 34.6. The van der Waals surface area contributed by atoms with Crippen LogP contribution in [0.5, 0.6) is 0 Å². The first kappa shape index (κ1) is 16.5. The molecule has 0 heterocycles. The van der Waals surface area contributed by atoms with Crippen molar-refractivity contribution in [1.82, 2.24) is 0 Å². The molecule has 0 radical (unpaired) electrons. The van der Waals surface area contributed by atoms with E-state index in [1.165, 1.54) is 7.11 Å². The van der Waals surface area contributed by atoms with Gasteiger partial charge in [-0.25, -0.2) is 0 Å². The van der Waals surface area contributed by atoms with Crippen molar-refractivity contribution in [2.24, 2.45) is 0 Å². The maximum absolute atomic E-state index is 6.83. The van der Waals surface area contributed by atoms with Gasteiger partial charge in [0.1, 0.15) is 0 Å². The molecule has 0 amide bonds. The third-order valence-corrected chi connectivity index (χ3v) is 0.538. The summed E-state index contributed by atoms with van der Waals surface area (Å²) in [6.45, 7) is 11.8. The lowest BCUT2D eigenvalue weighted by atomic mass is 10.5. The molecule has 0 rings (SSSR count). The molecule has 0 fully saturated rings. The SMILES string of the molecule is C/C=C\C(=N)OC.C=C.CC. The zero-order chi connectivity index (χ0) is 9.70. The van der Waals surface area contributed by atoms with E-state index in [0.29, 0.717) is 0 Å². The second-order valence-electron chi connectivity index (χ2n) is 1.07. The molecular weight excluding hydrogens is 138 g/mol. The zero-order valence-corrected chi connectivity index (χ0v) is 7.98. The molecule has 2 heteroatoms. The van der Waals surface area contributed by atoms with Gasteiger partial charge in [0, 0.05) is 0 Å². The first-order valence-corrected chi connectivity index (χ1v) is 3.56. The smallest absolute Gasteiger partial charge is 0.205 e. The topological polar surface area (TPSA) is 33.1 Å². The summed E-state index contributed by atoms with van der Waals surface area (Å²) in [7, 11) is 1.47. The maximum Gasteiger partial charge on any atom is 0.205 e. The summed E-state index contributed by atoms with van der Waals surface area (Å²) in [6, 6.07) is 0. The van der Waals surface area contributed by atoms with Gasteiger partial charge in [0.15, 0.2) is 0 Å². The molecule has 0 saturated heterocycles. The van der Waals surface area contributed by atoms with Crippen LogP contribution in [0.15, 0.2) is 25.3 Å². The van der Waals surface area contributed by atoms with E-state index in [4.69, 9.17) is 5.41 Å². The van der Waals surface area contributed by atoms with Gasteiger partial charge in [-0.05, 0) is 13.0 Å². The normalized spacial score (nSPS) is 6.91. The van der Waals surface area contributed by atoms with Gasteiger partial charge in [-0.3, -0.25) is 5.41 Å². The van der Waals surface area contributed by atoms with Crippen LogP contribution < -0.4 is 0 Å². The van der Waals surface area contributed by atoms with Gasteiger partial charge in [-0.2, -0.15) is 0 Å². The molecule has 0 bridgehead atoms. The third-order valence-electron chi connectivity index (χ3n) is 0.538. The quantitative estimate of drug-likeness (QED) is 0.354. The standard InChI is InChI=1S/C5H9NO.C2H6.C2H4/c1-3-4-5(6)7-2;2*1-2/h3-4,6H,1-2H3;1-2H3;1-2H2/b4-3-,6-5?;;. The number of hydrogen-bond donors (Lipinski definition) is 1. The van der Waals surface area contributed by atoms with Crippen LogP contribution in [-0.2, 0) is 4.74 Å². The molecule has 0 atom stereocenters. The Hall–Kier alpha value is -1.05. The van der Waals surface area contributed by atoms with Crippen molar-refractivity contribution in [2.75, 3.05) is 7.11 Å². The molecule has 0 aliphatic rings. The summed E-state index contributed by atoms with van der Waals surface area (Å²) < 4.78 is 4.49. The molecular formula is C9H19NO. The molecule has 11 heavy (non-hydrogen) atoms. The van der Waals surface area contributed by atoms with E-state index in [1.54, 1.807) is 12.2 Å². The van der Waals surface area contributed by atoms with Crippen LogP contribution in [0.1, 0.15) is 20.8 Å². The van der Waals surface area contributed by atoms with Crippen molar-refractivity contribution < 1.29 is 4.74 Å². The van der Waals surface area contributed by atoms with E-state index in [-0.39, 0.29) is 5.90 Å². The number of methoxy groups -OCH3 is 1. The molecule has 0 unspecified atom stereocenters. The van der Waals surface area contributed by atoms with Crippen LogP contribution >= 0.6 is 0 Å². The van der Waals surface area contributed by atoms with Crippen molar-refractivity contribution in [1.29, 1.82) is 5.41 Å². The van der Waals surface area contributed by atoms with Crippen molar-refractivity contribution in [3.63, 3.8) is 0 Å². The molecule has 0 aliphatic heterocycles. The molecule has 1 N–H and O–H groups in total. The van der Waals surface area contributed by atoms with E-state index in [2.05, 4.69) is 17.9 Å². The van der Waals surface area contributed by atoms with E-state index in [9.17, 15) is 0 Å². The Morgan fingerprint density at radius 2 is 1.73 bits per heavy atom. The third kappa shape index (κ3) is 27.7. The van der Waals surface area contributed by atoms with Crippen molar-refractivity contribution in [2.45, 2.75) is 20.8 Å². The average molecular weight is 157 g/mol. The number of ether oxygens (including phenoxy) is 1. The van der Waals surface area contributed by atoms with Crippen molar-refractivity contribution in [3.8, 4) is 0 Å². The second-order valence-corrected chi connectivity index (χ2v) is 1.07. The minimum absolute atomic E-state index is 0.197. The highest BCUT2D eigenvalue weighted by Gasteiger charge is 1.77. The Balaban J connectivity index is -0.000000138. The van der Waals surface area contributed by atoms with Gasteiger partial charge in [-0.1, -0.05) is 19.9 Å². The summed E-state index contributed by atoms with van der Waals surface area (Å²) in [4.78, 5) is 0. The minimum Gasteiger partial charge on any atom is -0.481 e. The van der Waals surface area contributed by atoms with Gasteiger partial charge in [0.2, 0.25) is 5.90 Å². The Bertz CT molecular complexity index is 97.7. The Labute approximate surface area is 70.1 Å². The first-order chi connectivity index (χ1) is 5.31. The predicted molar refractivity (Wildman–Crippen MR) is 52.2 cm³/mol. The Morgan fingerprint density at radius 3 is 1.82 bits per heavy atom. The first-order valence-electron chi connectivity index (χ1n) is 3.56. The van der Waals surface area contributed by atoms with E-state index >= 15 is 0 Å². The lowest BCUT2D eigenvalue weighted by Crippen LogP contribution is -1.90. The van der Waals surface area contributed by atoms with Crippen LogP contribution in [-0.4, -0.2) is 13.0 Å². The molecule has 0 aromatic carbocycles. The largest absolute Gasteiger partial charge is 0.481 e. The van der Waals surface area contributed by atoms with E-state index in [1.807, 2.05) is 20.8 Å². The summed E-state index contributed by atoms with van der Waals surface area (Å²) >= 11 is 0. The van der Waals surface area contributed by atoms with Crippen molar-refractivity contribution in [3.05, 3.63) is 25.3 Å². The maximum atomic E-state index is 6.83. The van der Waals surface area contributed by atoms with Gasteiger partial charge in [-0.15, -0.1) is 13.2 Å². The fourth-order valence-corrected chi connectivity index (χ4v) is 0.219. The zero-order valence-electron chi connectivity index (χ0n) is 7.98. The number of nitrogens with one attached hydrogen (secondary N) is 1. The molecule has 66 valence electrons. The molecule has 0 aliphatic carbocycles. The van der Waals surface area contributed by atoms with Crippen LogP contribution in [0.2, 0.25) is 0 Å². The van der Waals surface area contributed by atoms with Crippen LogP contribution in [0.4, 0.5) is 0 Å². The predicted octanol–water partition coefficient (Wildman–Crippen LogP) is 3.01. The number of hydrogen-bond acceptors (Lipinski definition) is 2. The molecule has 2 nitrogen and oxygen atoms in total. The molecule has 0 aromatic heterocycles. The summed E-state index contributed by atoms with van der Waals surface area (Å²) in [5.74, 6) is 0.197. The highest BCUT2D eigenvalue weighted by molar-refractivity contribution is 5.84. The van der Waals surface area contributed by atoms with E-state index < -0.39 is 0 Å². The van der Waals surface area contributed by atoms with Crippen LogP contribution in [0.25, 0.3) is 0 Å². The molecule has 0 aromatic rings. The van der Waals surface area contributed by atoms with Gasteiger partial charge >= 0.3 is 0 Å². The van der Waals surface area contributed by atoms with Crippen LogP contribution in [0, 0.1) is 5.41 Å². The summed E-state index contributed by atoms with van der Waals surface area (Å²) in [5, 5.41) is 6.83. The minimum atomic E-state index is 0.197. The summed E-state index contributed by atoms with van der Waals surface area (Å²) in [5.41, 5.74) is 0. The number of rotatable bonds is 1. The lowest BCUT2D eigenvalue weighted by molar-refractivity contribution is 0.403. The monoisotopic (exact) mass is 157 g/mol. The second kappa shape index (κ2) is 23.1. The number of allylic oxidation sites excluding steroid dienone is 1. The highest BCUT2D eigenvalue weighted by atomic mass is 16.5. The van der Waals surface area contributed by atoms with Crippen molar-refractivity contribution >= 4 is 5.90 Å². The van der Waals surface area contributed by atoms with Gasteiger partial charge in [0.25, 0.3) is 0 Å². The lowest BCUT2D eigenvalue weighted by Gasteiger charge is -1.89. The molecule has 0 spiro atoms. The van der Waals surface area contributed by atoms with Gasteiger partial charge < -0.3 is 4.74 Å². The van der Waals surface area contributed by atoms with Gasteiger partial charge in [0.05, 0.1) is 7.11 Å². The van der Waals surface area contributed by atoms with E-state index in [0.717, 1.165) is 0 Å². The fraction of sp³-hybridized carbons (Fsp3) is 0.444. The Morgan fingerprint density at radius 1 is 1.36 bits per heavy atom. The summed E-state index contributed by atoms with van der Waals surface area (Å²) in [6.07, 6.45) is 3.34.